The second-order valence-corrected chi connectivity index (χ2v) is 7.84. The van der Waals surface area contributed by atoms with Gasteiger partial charge in [-0.3, -0.25) is 0 Å². The van der Waals surface area contributed by atoms with Crippen LogP contribution in [0.1, 0.15) is 39.0 Å². The van der Waals surface area contributed by atoms with Crippen LogP contribution >= 0.6 is 0 Å². The normalized spacial score (nSPS) is 11.2. The van der Waals surface area contributed by atoms with Crippen LogP contribution in [0.4, 0.5) is 0 Å². The van der Waals surface area contributed by atoms with Gasteiger partial charge in [0.25, 0.3) is 0 Å². The third-order valence-corrected chi connectivity index (χ3v) is 5.81. The first kappa shape index (κ1) is 22.1. The molecule has 0 N–H and O–H groups in total. The molecule has 0 amide bonds. The van der Waals surface area contributed by atoms with Crippen molar-refractivity contribution in [3.63, 3.8) is 0 Å². The van der Waals surface area contributed by atoms with E-state index in [1.54, 1.807) is 19.6 Å². The monoisotopic (exact) mass is 354 g/mol. The van der Waals surface area contributed by atoms with Crippen LogP contribution in [0.3, 0.4) is 0 Å². The molecule has 0 saturated heterocycles. The Bertz CT molecular complexity index is 260. The molecule has 1 aliphatic rings. The molecule has 0 heterocycles. The van der Waals surface area contributed by atoms with Crippen molar-refractivity contribution in [1.29, 1.82) is 0 Å². The van der Waals surface area contributed by atoms with Crippen molar-refractivity contribution in [3.05, 3.63) is 46.8 Å². The molecule has 20 heavy (non-hydrogen) atoms. The summed E-state index contributed by atoms with van der Waals surface area (Å²) in [4.78, 5) is 0. The Morgan fingerprint density at radius 2 is 1.80 bits per heavy atom. The van der Waals surface area contributed by atoms with Crippen molar-refractivity contribution >= 4 is 0 Å². The molecule has 0 aliphatic heterocycles. The molecule has 0 saturated carbocycles. The third kappa shape index (κ3) is 20.1. The molecule has 0 spiro atoms. The van der Waals surface area contributed by atoms with Crippen molar-refractivity contribution < 1.29 is 33.4 Å². The Kier molecular flexibility index (Phi) is 23.2. The van der Waals surface area contributed by atoms with E-state index in [9.17, 15) is 10.2 Å². The van der Waals surface area contributed by atoms with Gasteiger partial charge in [0.2, 0.25) is 0 Å². The molecule has 0 aromatic rings. The summed E-state index contributed by atoms with van der Waals surface area (Å²) < 4.78 is 3.34. The quantitative estimate of drug-likeness (QED) is 0.496. The minimum absolute atomic E-state index is 0.0243. The zero-order valence-electron chi connectivity index (χ0n) is 12.8. The summed E-state index contributed by atoms with van der Waals surface area (Å²) in [6.07, 6.45) is 15.4. The SMILES string of the molecule is C=CCC[O-].C=CCC[O-].CCC[CH2][Zr+2][C]1=CC=CC1. The number of rotatable bonds is 8. The Morgan fingerprint density at radius 1 is 1.20 bits per heavy atom. The van der Waals surface area contributed by atoms with Crippen molar-refractivity contribution in [2.75, 3.05) is 13.2 Å². The summed E-state index contributed by atoms with van der Waals surface area (Å²) in [5.74, 6) is 0. The van der Waals surface area contributed by atoms with Gasteiger partial charge in [0.1, 0.15) is 0 Å². The van der Waals surface area contributed by atoms with E-state index in [1.807, 2.05) is 0 Å². The summed E-state index contributed by atoms with van der Waals surface area (Å²) in [6.45, 7) is 8.93. The summed E-state index contributed by atoms with van der Waals surface area (Å²) in [5, 5.41) is 18.9. The molecule has 1 rings (SSSR count). The van der Waals surface area contributed by atoms with Crippen LogP contribution in [0.5, 0.6) is 0 Å². The Labute approximate surface area is 136 Å². The number of hydrogen-bond acceptors (Lipinski definition) is 2. The molecule has 0 aromatic carbocycles. The van der Waals surface area contributed by atoms with Gasteiger partial charge in [0, 0.05) is 0 Å². The van der Waals surface area contributed by atoms with Crippen LogP contribution in [0.2, 0.25) is 4.13 Å². The maximum absolute atomic E-state index is 9.46. The molecule has 1 aliphatic carbocycles. The van der Waals surface area contributed by atoms with Crippen LogP contribution in [-0.4, -0.2) is 13.2 Å². The molecule has 0 radical (unpaired) electrons. The van der Waals surface area contributed by atoms with Crippen LogP contribution in [0.25, 0.3) is 0 Å². The van der Waals surface area contributed by atoms with Gasteiger partial charge in [-0.15, -0.1) is 26.4 Å². The van der Waals surface area contributed by atoms with Crippen LogP contribution in [-0.2, 0) is 23.2 Å². The molecular formula is C17H28O2Zr. The number of allylic oxidation sites excluding steroid dienone is 4. The summed E-state index contributed by atoms with van der Waals surface area (Å²) in [6, 6.07) is 0. The fourth-order valence-electron chi connectivity index (χ4n) is 1.17. The Balaban J connectivity index is 0. The first-order valence-corrected chi connectivity index (χ1v) is 10.2. The van der Waals surface area contributed by atoms with E-state index in [0.29, 0.717) is 12.8 Å². The van der Waals surface area contributed by atoms with Crippen LogP contribution in [0.15, 0.2) is 46.8 Å². The third-order valence-electron chi connectivity index (χ3n) is 2.30. The van der Waals surface area contributed by atoms with Gasteiger partial charge in [-0.2, -0.15) is 0 Å². The molecule has 0 fully saturated rings. The molecule has 112 valence electrons. The number of hydrogen-bond donors (Lipinski definition) is 0. The van der Waals surface area contributed by atoms with E-state index >= 15 is 0 Å². The second-order valence-electron chi connectivity index (χ2n) is 4.17. The average molecular weight is 356 g/mol. The minimum atomic E-state index is -0.0811. The molecule has 0 aromatic heterocycles. The van der Waals surface area contributed by atoms with Crippen LogP contribution in [0, 0.1) is 0 Å². The predicted octanol–water partition coefficient (Wildman–Crippen LogP) is 2.98. The molecule has 2 nitrogen and oxygen atoms in total. The van der Waals surface area contributed by atoms with Crippen LogP contribution < -0.4 is 10.2 Å². The molecule has 0 unspecified atom stereocenters. The molecule has 0 bridgehead atoms. The van der Waals surface area contributed by atoms with E-state index in [1.165, 1.54) is 19.3 Å². The van der Waals surface area contributed by atoms with Gasteiger partial charge >= 0.3 is 75.1 Å². The zero-order chi connectivity index (χ0) is 15.5. The van der Waals surface area contributed by atoms with Crippen molar-refractivity contribution in [3.8, 4) is 0 Å². The first-order valence-electron chi connectivity index (χ1n) is 7.24. The van der Waals surface area contributed by atoms with Crippen molar-refractivity contribution in [1.82, 2.24) is 0 Å². The van der Waals surface area contributed by atoms with Gasteiger partial charge < -0.3 is 10.2 Å². The Morgan fingerprint density at radius 3 is 2.10 bits per heavy atom. The van der Waals surface area contributed by atoms with Crippen molar-refractivity contribution in [2.24, 2.45) is 0 Å². The predicted molar refractivity (Wildman–Crippen MR) is 80.9 cm³/mol. The first-order chi connectivity index (χ1) is 9.76. The standard InChI is InChI=1S/C5H5.2C4H7O.C4H9.Zr/c1-2-4-5-3-1;2*1-2-3-4-5;1-3-4-2;/h1-3H,4H2;2*2H,1,3-4H2;1,3-4H2,2H3;/q;2*-1;;+2. The van der Waals surface area contributed by atoms with Gasteiger partial charge in [-0.1, -0.05) is 25.0 Å². The van der Waals surface area contributed by atoms with E-state index in [0.717, 1.165) is 0 Å². The molecule has 3 heteroatoms. The van der Waals surface area contributed by atoms with E-state index in [4.69, 9.17) is 0 Å². The summed E-state index contributed by atoms with van der Waals surface area (Å²) >= 11 is -0.0811. The number of unbranched alkanes of at least 4 members (excludes halogenated alkanes) is 1. The van der Waals surface area contributed by atoms with Gasteiger partial charge in [0.15, 0.2) is 0 Å². The second kappa shape index (κ2) is 21.1. The summed E-state index contributed by atoms with van der Waals surface area (Å²) in [7, 11) is 0. The maximum atomic E-state index is 9.46. The summed E-state index contributed by atoms with van der Waals surface area (Å²) in [5.41, 5.74) is 0. The average Bonchev–Trinajstić information content (AvgIpc) is 2.96. The fourth-order valence-corrected chi connectivity index (χ4v) is 4.43. The van der Waals surface area contributed by atoms with E-state index in [2.05, 4.69) is 38.3 Å². The van der Waals surface area contributed by atoms with E-state index < -0.39 is 0 Å². The fraction of sp³-hybridized carbons (Fsp3) is 0.529. The van der Waals surface area contributed by atoms with E-state index in [-0.39, 0.29) is 36.4 Å². The zero-order valence-corrected chi connectivity index (χ0v) is 15.2. The molecule has 0 atom stereocenters. The van der Waals surface area contributed by atoms with Gasteiger partial charge in [0.05, 0.1) is 0 Å². The topological polar surface area (TPSA) is 46.1 Å². The Hall–Kier alpha value is -0.237. The van der Waals surface area contributed by atoms with Crippen molar-refractivity contribution in [2.45, 2.75) is 43.2 Å². The van der Waals surface area contributed by atoms with Gasteiger partial charge in [-0.25, -0.2) is 0 Å². The van der Waals surface area contributed by atoms with Gasteiger partial charge in [-0.05, 0) is 0 Å². The molecular weight excluding hydrogens is 327 g/mol.